The average Bonchev–Trinajstić information content (AvgIpc) is 2.45. The van der Waals surface area contributed by atoms with E-state index in [0.717, 1.165) is 16.3 Å². The Labute approximate surface area is 129 Å². The van der Waals surface area contributed by atoms with E-state index in [9.17, 15) is 22.8 Å². The molecule has 0 fully saturated rings. The summed E-state index contributed by atoms with van der Waals surface area (Å²) in [6, 6.07) is 6.37. The van der Waals surface area contributed by atoms with Gasteiger partial charge in [-0.3, -0.25) is 10.1 Å². The van der Waals surface area contributed by atoms with Crippen molar-refractivity contribution in [1.29, 1.82) is 0 Å². The number of fused-ring (bicyclic) bond motifs is 1. The number of hydrogen-bond donors (Lipinski definition) is 2. The number of para-hydroxylation sites is 1. The van der Waals surface area contributed by atoms with Crippen molar-refractivity contribution in [3.63, 3.8) is 0 Å². The van der Waals surface area contributed by atoms with Gasteiger partial charge >= 0.3 is 12.2 Å². The lowest BCUT2D eigenvalue weighted by molar-refractivity contribution is -0.124. The maximum Gasteiger partial charge on any atom is 0.405 e. The van der Waals surface area contributed by atoms with Gasteiger partial charge in [-0.05, 0) is 12.1 Å². The van der Waals surface area contributed by atoms with E-state index in [1.165, 1.54) is 0 Å². The van der Waals surface area contributed by atoms with E-state index in [4.69, 9.17) is 0 Å². The molecule has 3 amide bonds. The van der Waals surface area contributed by atoms with Gasteiger partial charge in [0.2, 0.25) is 5.91 Å². The predicted molar refractivity (Wildman–Crippen MR) is 77.0 cm³/mol. The summed E-state index contributed by atoms with van der Waals surface area (Å²) in [5.74, 6) is 0.145. The van der Waals surface area contributed by atoms with E-state index in [2.05, 4.69) is 0 Å². The van der Waals surface area contributed by atoms with Gasteiger partial charge < -0.3 is 10.2 Å². The quantitative estimate of drug-likeness (QED) is 0.888. The Balaban J connectivity index is 1.87. The molecule has 0 saturated carbocycles. The monoisotopic (exact) mass is 333 g/mol. The molecule has 1 aromatic carbocycles. The van der Waals surface area contributed by atoms with Crippen molar-refractivity contribution in [2.24, 2.45) is 0 Å². The number of nitrogens with one attached hydrogen (secondary N) is 2. The molecule has 5 nitrogen and oxygen atoms in total. The molecule has 2 N–H and O–H groups in total. The molecule has 0 unspecified atom stereocenters. The number of alkyl halides is 3. The van der Waals surface area contributed by atoms with Gasteiger partial charge in [0, 0.05) is 17.2 Å². The van der Waals surface area contributed by atoms with Crippen LogP contribution in [0.4, 0.5) is 23.7 Å². The fourth-order valence-electron chi connectivity index (χ4n) is 1.96. The van der Waals surface area contributed by atoms with Crippen LogP contribution in [-0.4, -0.2) is 43.5 Å². The third kappa shape index (κ3) is 4.83. The van der Waals surface area contributed by atoms with E-state index in [1.54, 1.807) is 22.0 Å². The minimum atomic E-state index is -4.51. The zero-order valence-electron chi connectivity index (χ0n) is 11.4. The Morgan fingerprint density at radius 2 is 2.00 bits per heavy atom. The normalized spacial score (nSPS) is 14.2. The second-order valence-corrected chi connectivity index (χ2v) is 5.72. The van der Waals surface area contributed by atoms with Crippen molar-refractivity contribution >= 4 is 29.4 Å². The van der Waals surface area contributed by atoms with Crippen LogP contribution in [0.1, 0.15) is 0 Å². The molecular formula is C13H14F3N3O2S. The van der Waals surface area contributed by atoms with Crippen molar-refractivity contribution in [2.45, 2.75) is 11.1 Å². The molecule has 1 aromatic rings. The number of amides is 3. The third-order valence-corrected chi connectivity index (χ3v) is 3.90. The number of thioether (sulfide) groups is 1. The summed E-state index contributed by atoms with van der Waals surface area (Å²) in [4.78, 5) is 25.8. The molecule has 0 spiro atoms. The van der Waals surface area contributed by atoms with Crippen molar-refractivity contribution in [3.05, 3.63) is 24.3 Å². The molecule has 0 saturated heterocycles. The van der Waals surface area contributed by atoms with Gasteiger partial charge in [-0.25, -0.2) is 4.79 Å². The molecule has 9 heteroatoms. The van der Waals surface area contributed by atoms with Crippen LogP contribution in [0.3, 0.4) is 0 Å². The smallest absolute Gasteiger partial charge is 0.360 e. The van der Waals surface area contributed by atoms with Crippen molar-refractivity contribution in [3.8, 4) is 0 Å². The first kappa shape index (κ1) is 16.5. The summed E-state index contributed by atoms with van der Waals surface area (Å²) in [7, 11) is 0. The minimum absolute atomic E-state index is 0.0863. The molecule has 0 bridgehead atoms. The van der Waals surface area contributed by atoms with E-state index < -0.39 is 24.7 Å². The van der Waals surface area contributed by atoms with Crippen LogP contribution < -0.4 is 15.5 Å². The highest BCUT2D eigenvalue weighted by atomic mass is 32.2. The summed E-state index contributed by atoms with van der Waals surface area (Å²) in [5, 5.41) is 3.48. The van der Waals surface area contributed by atoms with E-state index in [1.807, 2.05) is 29.6 Å². The zero-order chi connectivity index (χ0) is 16.2. The number of imide groups is 1. The molecule has 22 heavy (non-hydrogen) atoms. The Bertz CT molecular complexity index is 566. The molecule has 0 aliphatic carbocycles. The SMILES string of the molecule is O=C(CN1CCSc2ccccc21)NC(=O)NCC(F)(F)F. The van der Waals surface area contributed by atoms with E-state index in [0.29, 0.717) is 6.54 Å². The minimum Gasteiger partial charge on any atom is -0.360 e. The first-order chi connectivity index (χ1) is 10.3. The zero-order valence-corrected chi connectivity index (χ0v) is 12.3. The second kappa shape index (κ2) is 6.91. The Hall–Kier alpha value is -1.90. The lowest BCUT2D eigenvalue weighted by Crippen LogP contribution is -2.47. The van der Waals surface area contributed by atoms with Gasteiger partial charge in [0.05, 0.1) is 12.2 Å². The predicted octanol–water partition coefficient (Wildman–Crippen LogP) is 1.99. The number of rotatable bonds is 3. The third-order valence-electron chi connectivity index (χ3n) is 2.86. The highest BCUT2D eigenvalue weighted by Crippen LogP contribution is 2.33. The molecule has 0 radical (unpaired) electrons. The Morgan fingerprint density at radius 3 is 2.73 bits per heavy atom. The number of benzene rings is 1. The molecule has 120 valence electrons. The molecule has 1 aliphatic rings. The maximum atomic E-state index is 12.0. The van der Waals surface area contributed by atoms with Crippen LogP contribution in [0.5, 0.6) is 0 Å². The fourth-order valence-corrected chi connectivity index (χ4v) is 3.01. The van der Waals surface area contributed by atoms with Gasteiger partial charge in [-0.1, -0.05) is 12.1 Å². The van der Waals surface area contributed by atoms with Gasteiger partial charge in [-0.15, -0.1) is 11.8 Å². The summed E-state index contributed by atoms with van der Waals surface area (Å²) >= 11 is 1.67. The number of carbonyl (C=O) groups is 2. The van der Waals surface area contributed by atoms with E-state index >= 15 is 0 Å². The number of halogens is 3. The van der Waals surface area contributed by atoms with Crippen molar-refractivity contribution in [2.75, 3.05) is 30.3 Å². The summed E-state index contributed by atoms with van der Waals surface area (Å²) in [6.45, 7) is -0.939. The number of carbonyl (C=O) groups excluding carboxylic acids is 2. The first-order valence-electron chi connectivity index (χ1n) is 6.46. The Kier molecular flexibility index (Phi) is 5.17. The van der Waals surface area contributed by atoms with Crippen LogP contribution in [0.15, 0.2) is 29.2 Å². The molecule has 2 rings (SSSR count). The van der Waals surface area contributed by atoms with Crippen molar-refractivity contribution < 1.29 is 22.8 Å². The molecule has 0 aromatic heterocycles. The lowest BCUT2D eigenvalue weighted by atomic mass is 10.2. The fraction of sp³-hybridized carbons (Fsp3) is 0.385. The van der Waals surface area contributed by atoms with Gasteiger partial charge in [0.1, 0.15) is 6.54 Å². The number of nitrogens with zero attached hydrogens (tertiary/aromatic N) is 1. The highest BCUT2D eigenvalue weighted by molar-refractivity contribution is 7.99. The molecular weight excluding hydrogens is 319 g/mol. The summed E-state index contributed by atoms with van der Waals surface area (Å²) in [5.41, 5.74) is 0.879. The van der Waals surface area contributed by atoms with Crippen LogP contribution in [0.2, 0.25) is 0 Å². The molecule has 1 heterocycles. The van der Waals surface area contributed by atoms with Gasteiger partial charge in [0.15, 0.2) is 0 Å². The highest BCUT2D eigenvalue weighted by Gasteiger charge is 2.28. The maximum absolute atomic E-state index is 12.0. The summed E-state index contributed by atoms with van der Waals surface area (Å²) in [6.07, 6.45) is -4.51. The summed E-state index contributed by atoms with van der Waals surface area (Å²) < 4.78 is 35.9. The molecule has 1 aliphatic heterocycles. The lowest BCUT2D eigenvalue weighted by Gasteiger charge is -2.30. The van der Waals surface area contributed by atoms with Crippen LogP contribution in [0.25, 0.3) is 0 Å². The largest absolute Gasteiger partial charge is 0.405 e. The van der Waals surface area contributed by atoms with Gasteiger partial charge in [-0.2, -0.15) is 13.2 Å². The average molecular weight is 333 g/mol. The van der Waals surface area contributed by atoms with Crippen LogP contribution in [-0.2, 0) is 4.79 Å². The number of urea groups is 1. The number of anilines is 1. The Morgan fingerprint density at radius 1 is 1.27 bits per heavy atom. The second-order valence-electron chi connectivity index (χ2n) is 4.58. The van der Waals surface area contributed by atoms with Gasteiger partial charge in [0.25, 0.3) is 0 Å². The van der Waals surface area contributed by atoms with Crippen LogP contribution in [0, 0.1) is 0 Å². The number of hydrogen-bond acceptors (Lipinski definition) is 4. The van der Waals surface area contributed by atoms with Crippen LogP contribution >= 0.6 is 11.8 Å². The molecule has 0 atom stereocenters. The standard InChI is InChI=1S/C13H14F3N3O2S/c14-13(15,16)8-17-12(21)18-11(20)7-19-5-6-22-10-4-2-1-3-9(10)19/h1-4H,5-8H2,(H2,17,18,20,21). The topological polar surface area (TPSA) is 61.4 Å². The van der Waals surface area contributed by atoms with E-state index in [-0.39, 0.29) is 6.54 Å². The van der Waals surface area contributed by atoms with Crippen molar-refractivity contribution in [1.82, 2.24) is 10.6 Å². The first-order valence-corrected chi connectivity index (χ1v) is 7.45.